The lowest BCUT2D eigenvalue weighted by Gasteiger charge is -2.43. The summed E-state index contributed by atoms with van der Waals surface area (Å²) in [4.78, 5) is 44.3. The maximum atomic E-state index is 13.6. The number of hydrogen-bond donors (Lipinski definition) is 1. The van der Waals surface area contributed by atoms with Gasteiger partial charge in [-0.15, -0.1) is 0 Å². The molecule has 0 unspecified atom stereocenters. The van der Waals surface area contributed by atoms with Gasteiger partial charge < -0.3 is 20.0 Å². The van der Waals surface area contributed by atoms with Gasteiger partial charge in [-0.25, -0.2) is 0 Å². The molecule has 0 aliphatic carbocycles. The first-order valence-corrected chi connectivity index (χ1v) is 11.7. The summed E-state index contributed by atoms with van der Waals surface area (Å²) in [7, 11) is 0. The quantitative estimate of drug-likeness (QED) is 0.706. The molecule has 0 saturated carbocycles. The van der Waals surface area contributed by atoms with Crippen molar-refractivity contribution in [3.8, 4) is 0 Å². The Labute approximate surface area is 195 Å². The van der Waals surface area contributed by atoms with Crippen molar-refractivity contribution in [3.05, 3.63) is 66.2 Å². The summed E-state index contributed by atoms with van der Waals surface area (Å²) in [5.41, 5.74) is 1.40. The van der Waals surface area contributed by atoms with Gasteiger partial charge in [0.1, 0.15) is 12.1 Å². The van der Waals surface area contributed by atoms with E-state index in [-0.39, 0.29) is 24.3 Å². The van der Waals surface area contributed by atoms with Gasteiger partial charge in [-0.05, 0) is 43.9 Å². The summed E-state index contributed by atoms with van der Waals surface area (Å²) >= 11 is 0. The van der Waals surface area contributed by atoms with E-state index in [2.05, 4.69) is 10.2 Å². The second-order valence-corrected chi connectivity index (χ2v) is 8.76. The van der Waals surface area contributed by atoms with Crippen molar-refractivity contribution in [2.45, 2.75) is 38.1 Å². The number of aryl methyl sites for hydroxylation is 1. The molecule has 0 radical (unpaired) electrons. The van der Waals surface area contributed by atoms with E-state index in [1.54, 1.807) is 4.90 Å². The van der Waals surface area contributed by atoms with E-state index in [1.807, 2.05) is 72.5 Å². The molecule has 0 atom stereocenters. The van der Waals surface area contributed by atoms with Crippen LogP contribution in [0, 0.1) is 0 Å². The number of carbonyl (C=O) groups excluding carboxylic acids is 3. The van der Waals surface area contributed by atoms with Crippen LogP contribution in [0.4, 0.5) is 5.69 Å². The van der Waals surface area contributed by atoms with Crippen LogP contribution < -0.4 is 10.2 Å². The van der Waals surface area contributed by atoms with E-state index in [0.29, 0.717) is 45.6 Å². The van der Waals surface area contributed by atoms with Crippen LogP contribution in [-0.2, 0) is 20.8 Å². The third-order valence-corrected chi connectivity index (χ3v) is 6.70. The van der Waals surface area contributed by atoms with E-state index in [4.69, 9.17) is 0 Å². The van der Waals surface area contributed by atoms with Crippen molar-refractivity contribution in [1.82, 2.24) is 15.1 Å². The number of carbonyl (C=O) groups is 3. The molecule has 174 valence electrons. The SMILES string of the molecule is CCNC(=O)CN1CN(c2ccccc2)C2(CCN(C(=O)CCc3ccccc3)CC2)C1=O. The van der Waals surface area contributed by atoms with E-state index < -0.39 is 5.54 Å². The Kier molecular flexibility index (Phi) is 6.96. The molecule has 0 bridgehead atoms. The number of para-hydroxylation sites is 1. The molecule has 2 saturated heterocycles. The molecule has 1 spiro atoms. The summed E-state index contributed by atoms with van der Waals surface area (Å²) in [5.74, 6) is -0.0389. The topological polar surface area (TPSA) is 73.0 Å². The minimum atomic E-state index is -0.718. The number of anilines is 1. The number of likely N-dealkylation sites (N-methyl/N-ethyl adjacent to an activating group) is 1. The number of nitrogens with zero attached hydrogens (tertiary/aromatic N) is 3. The highest BCUT2D eigenvalue weighted by molar-refractivity contribution is 5.96. The second kappa shape index (κ2) is 10.1. The molecule has 0 aromatic heterocycles. The largest absolute Gasteiger partial charge is 0.355 e. The molecule has 4 rings (SSSR count). The first-order valence-electron chi connectivity index (χ1n) is 11.7. The Hall–Kier alpha value is -3.35. The lowest BCUT2D eigenvalue weighted by atomic mass is 9.85. The van der Waals surface area contributed by atoms with Crippen LogP contribution in [0.3, 0.4) is 0 Å². The van der Waals surface area contributed by atoms with Crippen LogP contribution in [-0.4, -0.2) is 65.9 Å². The molecular formula is C26H32N4O3. The van der Waals surface area contributed by atoms with Crippen LogP contribution in [0.15, 0.2) is 60.7 Å². The van der Waals surface area contributed by atoms with Crippen molar-refractivity contribution in [3.63, 3.8) is 0 Å². The Morgan fingerprint density at radius 2 is 1.61 bits per heavy atom. The summed E-state index contributed by atoms with van der Waals surface area (Å²) in [6.07, 6.45) is 2.31. The first-order chi connectivity index (χ1) is 16.0. The van der Waals surface area contributed by atoms with Gasteiger partial charge in [0.05, 0.1) is 6.67 Å². The molecule has 2 aromatic carbocycles. The molecule has 7 heteroatoms. The fraction of sp³-hybridized carbons (Fsp3) is 0.423. The Balaban J connectivity index is 1.46. The third-order valence-electron chi connectivity index (χ3n) is 6.70. The van der Waals surface area contributed by atoms with Gasteiger partial charge in [0.15, 0.2) is 0 Å². The summed E-state index contributed by atoms with van der Waals surface area (Å²) in [5, 5.41) is 2.78. The van der Waals surface area contributed by atoms with Crippen molar-refractivity contribution in [1.29, 1.82) is 0 Å². The average molecular weight is 449 g/mol. The predicted molar refractivity (Wildman–Crippen MR) is 127 cm³/mol. The Morgan fingerprint density at radius 3 is 2.24 bits per heavy atom. The number of rotatable bonds is 7. The molecule has 1 N–H and O–H groups in total. The molecule has 2 fully saturated rings. The van der Waals surface area contributed by atoms with Crippen molar-refractivity contribution in [2.24, 2.45) is 0 Å². The van der Waals surface area contributed by atoms with Crippen LogP contribution in [0.25, 0.3) is 0 Å². The van der Waals surface area contributed by atoms with Crippen molar-refractivity contribution in [2.75, 3.05) is 37.7 Å². The number of nitrogens with one attached hydrogen (secondary N) is 1. The average Bonchev–Trinajstić information content (AvgIpc) is 3.10. The summed E-state index contributed by atoms with van der Waals surface area (Å²) in [6.45, 7) is 3.91. The van der Waals surface area contributed by atoms with Crippen LogP contribution in [0.5, 0.6) is 0 Å². The standard InChI is InChI=1S/C26H32N4O3/c1-2-27-23(31)19-29-20-30(22-11-7-4-8-12-22)26(25(29)33)15-17-28(18-16-26)24(32)14-13-21-9-5-3-6-10-21/h3-12H,2,13-20H2,1H3,(H,27,31). The number of benzene rings is 2. The van der Waals surface area contributed by atoms with Gasteiger partial charge >= 0.3 is 0 Å². The predicted octanol–water partition coefficient (Wildman–Crippen LogP) is 2.42. The number of hydrogen-bond acceptors (Lipinski definition) is 4. The fourth-order valence-corrected chi connectivity index (χ4v) is 4.93. The van der Waals surface area contributed by atoms with Gasteiger partial charge in [0.25, 0.3) is 5.91 Å². The normalized spacial score (nSPS) is 17.5. The maximum Gasteiger partial charge on any atom is 0.250 e. The van der Waals surface area contributed by atoms with Crippen LogP contribution >= 0.6 is 0 Å². The van der Waals surface area contributed by atoms with Crippen LogP contribution in [0.2, 0.25) is 0 Å². The van der Waals surface area contributed by atoms with Gasteiger partial charge in [-0.1, -0.05) is 48.5 Å². The third kappa shape index (κ3) is 4.87. The van der Waals surface area contributed by atoms with Gasteiger partial charge in [-0.2, -0.15) is 0 Å². The van der Waals surface area contributed by atoms with E-state index in [1.165, 1.54) is 0 Å². The zero-order valence-corrected chi connectivity index (χ0v) is 19.2. The fourth-order valence-electron chi connectivity index (χ4n) is 4.93. The summed E-state index contributed by atoms with van der Waals surface area (Å²) in [6, 6.07) is 19.9. The van der Waals surface area contributed by atoms with E-state index >= 15 is 0 Å². The first kappa shape index (κ1) is 22.8. The number of piperidine rings is 1. The second-order valence-electron chi connectivity index (χ2n) is 8.76. The monoisotopic (exact) mass is 448 g/mol. The molecule has 2 aromatic rings. The molecule has 7 nitrogen and oxygen atoms in total. The van der Waals surface area contributed by atoms with Gasteiger partial charge in [0, 0.05) is 31.7 Å². The van der Waals surface area contributed by atoms with Gasteiger partial charge in [-0.3, -0.25) is 14.4 Å². The zero-order chi connectivity index (χ0) is 23.3. The highest BCUT2D eigenvalue weighted by Gasteiger charge is 2.54. The molecule has 3 amide bonds. The minimum absolute atomic E-state index is 0.0195. The summed E-state index contributed by atoms with van der Waals surface area (Å²) < 4.78 is 0. The lowest BCUT2D eigenvalue weighted by Crippen LogP contribution is -2.57. The van der Waals surface area contributed by atoms with Gasteiger partial charge in [0.2, 0.25) is 11.8 Å². The molecule has 2 aliphatic rings. The molecular weight excluding hydrogens is 416 g/mol. The van der Waals surface area contributed by atoms with E-state index in [9.17, 15) is 14.4 Å². The minimum Gasteiger partial charge on any atom is -0.355 e. The highest BCUT2D eigenvalue weighted by Crippen LogP contribution is 2.39. The zero-order valence-electron chi connectivity index (χ0n) is 19.2. The molecule has 2 heterocycles. The maximum absolute atomic E-state index is 13.6. The Morgan fingerprint density at radius 1 is 0.970 bits per heavy atom. The van der Waals surface area contributed by atoms with Crippen molar-refractivity contribution >= 4 is 23.4 Å². The van der Waals surface area contributed by atoms with E-state index in [0.717, 1.165) is 17.7 Å². The van der Waals surface area contributed by atoms with Crippen molar-refractivity contribution < 1.29 is 14.4 Å². The number of amides is 3. The smallest absolute Gasteiger partial charge is 0.250 e. The number of likely N-dealkylation sites (tertiary alicyclic amines) is 1. The Bertz CT molecular complexity index is 972. The molecule has 33 heavy (non-hydrogen) atoms. The highest BCUT2D eigenvalue weighted by atomic mass is 16.2. The lowest BCUT2D eigenvalue weighted by molar-refractivity contribution is -0.140. The molecule has 2 aliphatic heterocycles. The van der Waals surface area contributed by atoms with Crippen LogP contribution in [0.1, 0.15) is 31.7 Å².